The first-order valence-corrected chi connectivity index (χ1v) is 6.34. The van der Waals surface area contributed by atoms with Gasteiger partial charge in [-0.05, 0) is 38.7 Å². The molecule has 1 unspecified atom stereocenters. The average Bonchev–Trinajstić information content (AvgIpc) is 2.31. The quantitative estimate of drug-likeness (QED) is 0.860. The molecule has 4 heteroatoms. The molecule has 1 aromatic carbocycles. The molecule has 1 heterocycles. The number of nitrogens with zero attached hydrogens (tertiary/aromatic N) is 2. The van der Waals surface area contributed by atoms with E-state index in [1.807, 2.05) is 49.0 Å². The van der Waals surface area contributed by atoms with Crippen molar-refractivity contribution in [2.24, 2.45) is 0 Å². The lowest BCUT2D eigenvalue weighted by atomic mass is 10.1. The van der Waals surface area contributed by atoms with Crippen molar-refractivity contribution in [1.29, 1.82) is 0 Å². The molecule has 1 atom stereocenters. The fraction of sp³-hybridized carbons (Fsp3) is 0.500. The van der Waals surface area contributed by atoms with Gasteiger partial charge in [0.25, 0.3) is 0 Å². The third-order valence-electron chi connectivity index (χ3n) is 3.15. The molecule has 1 aliphatic heterocycles. The largest absolute Gasteiger partial charge is 0.310 e. The van der Waals surface area contributed by atoms with E-state index in [1.165, 1.54) is 5.56 Å². The minimum Gasteiger partial charge on any atom is -0.310 e. The Hall–Kier alpha value is -1.39. The van der Waals surface area contributed by atoms with Crippen molar-refractivity contribution in [2.45, 2.75) is 13.0 Å². The Bertz CT molecular complexity index is 431. The number of anilines is 1. The highest BCUT2D eigenvalue weighted by Gasteiger charge is 2.29. The van der Waals surface area contributed by atoms with Crippen LogP contribution in [0.3, 0.4) is 0 Å². The van der Waals surface area contributed by atoms with Crippen LogP contribution in [0.1, 0.15) is 5.56 Å². The van der Waals surface area contributed by atoms with Crippen LogP contribution in [0.5, 0.6) is 0 Å². The normalized spacial score (nSPS) is 20.6. The molecule has 0 spiro atoms. The van der Waals surface area contributed by atoms with Gasteiger partial charge < -0.3 is 15.1 Å². The third kappa shape index (κ3) is 2.89. The first-order valence-electron chi connectivity index (χ1n) is 6.34. The summed E-state index contributed by atoms with van der Waals surface area (Å²) in [5, 5.41) is 3.28. The molecule has 1 amide bonds. The monoisotopic (exact) mass is 247 g/mol. The number of aryl methyl sites for hydroxylation is 1. The van der Waals surface area contributed by atoms with E-state index < -0.39 is 0 Å². The van der Waals surface area contributed by atoms with Gasteiger partial charge in [-0.15, -0.1) is 0 Å². The number of likely N-dealkylation sites (N-methyl/N-ethyl adjacent to an activating group) is 1. The van der Waals surface area contributed by atoms with E-state index in [9.17, 15) is 4.79 Å². The van der Waals surface area contributed by atoms with Gasteiger partial charge in [-0.3, -0.25) is 4.79 Å². The number of nitrogens with one attached hydrogen (secondary N) is 1. The number of rotatable bonds is 3. The van der Waals surface area contributed by atoms with Gasteiger partial charge in [0.2, 0.25) is 5.91 Å². The lowest BCUT2D eigenvalue weighted by Crippen LogP contribution is -2.58. The second kappa shape index (κ2) is 5.50. The van der Waals surface area contributed by atoms with Gasteiger partial charge >= 0.3 is 0 Å². The van der Waals surface area contributed by atoms with Crippen molar-refractivity contribution >= 4 is 11.6 Å². The molecule has 1 aromatic rings. The molecule has 4 nitrogen and oxygen atoms in total. The number of carbonyl (C=O) groups is 1. The summed E-state index contributed by atoms with van der Waals surface area (Å²) >= 11 is 0. The summed E-state index contributed by atoms with van der Waals surface area (Å²) < 4.78 is 0. The van der Waals surface area contributed by atoms with Gasteiger partial charge in [0.1, 0.15) is 6.04 Å². The predicted octanol–water partition coefficient (Wildman–Crippen LogP) is 0.861. The topological polar surface area (TPSA) is 35.6 Å². The van der Waals surface area contributed by atoms with Gasteiger partial charge in [0.05, 0.1) is 0 Å². The highest BCUT2D eigenvalue weighted by molar-refractivity contribution is 5.98. The van der Waals surface area contributed by atoms with E-state index in [0.29, 0.717) is 0 Å². The van der Waals surface area contributed by atoms with E-state index in [-0.39, 0.29) is 11.9 Å². The minimum absolute atomic E-state index is 0.103. The van der Waals surface area contributed by atoms with Crippen LogP contribution in [0.25, 0.3) is 0 Å². The second-order valence-corrected chi connectivity index (χ2v) is 5.10. The molecule has 0 radical (unpaired) electrons. The molecule has 0 bridgehead atoms. The number of hydrogen-bond donors (Lipinski definition) is 1. The average molecular weight is 247 g/mol. The van der Waals surface area contributed by atoms with Crippen molar-refractivity contribution in [3.63, 3.8) is 0 Å². The number of hydrogen-bond acceptors (Lipinski definition) is 3. The van der Waals surface area contributed by atoms with Crippen LogP contribution in [0.15, 0.2) is 24.3 Å². The van der Waals surface area contributed by atoms with Crippen LogP contribution in [0.2, 0.25) is 0 Å². The van der Waals surface area contributed by atoms with Crippen molar-refractivity contribution in [2.75, 3.05) is 38.6 Å². The Morgan fingerprint density at radius 1 is 1.44 bits per heavy atom. The summed E-state index contributed by atoms with van der Waals surface area (Å²) in [6, 6.07) is 8.02. The van der Waals surface area contributed by atoms with Crippen molar-refractivity contribution < 1.29 is 4.79 Å². The van der Waals surface area contributed by atoms with Crippen LogP contribution in [-0.2, 0) is 4.79 Å². The van der Waals surface area contributed by atoms with Crippen molar-refractivity contribution in [1.82, 2.24) is 10.2 Å². The van der Waals surface area contributed by atoms with Crippen molar-refractivity contribution in [3.8, 4) is 0 Å². The van der Waals surface area contributed by atoms with Gasteiger partial charge in [0.15, 0.2) is 0 Å². The van der Waals surface area contributed by atoms with Gasteiger partial charge in [-0.25, -0.2) is 0 Å². The van der Waals surface area contributed by atoms with Crippen LogP contribution in [-0.4, -0.2) is 50.6 Å². The fourth-order valence-corrected chi connectivity index (χ4v) is 2.30. The number of carbonyl (C=O) groups excluding carboxylic acids is 1. The maximum absolute atomic E-state index is 12.4. The Labute approximate surface area is 109 Å². The van der Waals surface area contributed by atoms with Crippen LogP contribution < -0.4 is 10.2 Å². The molecule has 0 saturated carbocycles. The Kier molecular flexibility index (Phi) is 3.99. The maximum Gasteiger partial charge on any atom is 0.245 e. The first kappa shape index (κ1) is 13.1. The molecule has 98 valence electrons. The van der Waals surface area contributed by atoms with Gasteiger partial charge in [-0.1, -0.05) is 12.1 Å². The Morgan fingerprint density at radius 2 is 2.22 bits per heavy atom. The molecular weight excluding hydrogens is 226 g/mol. The molecule has 1 saturated heterocycles. The van der Waals surface area contributed by atoms with Crippen LogP contribution in [0, 0.1) is 6.92 Å². The second-order valence-electron chi connectivity index (χ2n) is 5.10. The number of piperazine rings is 1. The predicted molar refractivity (Wildman–Crippen MR) is 73.9 cm³/mol. The maximum atomic E-state index is 12.4. The van der Waals surface area contributed by atoms with E-state index in [1.54, 1.807) is 0 Å². The first-order chi connectivity index (χ1) is 8.58. The lowest BCUT2D eigenvalue weighted by Gasteiger charge is -2.34. The summed E-state index contributed by atoms with van der Waals surface area (Å²) in [6.07, 6.45) is 0. The molecule has 1 fully saturated rings. The van der Waals surface area contributed by atoms with Crippen LogP contribution >= 0.6 is 0 Å². The zero-order valence-electron chi connectivity index (χ0n) is 11.3. The SMILES string of the molecule is Cc1cccc(N2CCNC(CN(C)C)C2=O)c1. The van der Waals surface area contributed by atoms with E-state index in [4.69, 9.17) is 0 Å². The Morgan fingerprint density at radius 3 is 2.89 bits per heavy atom. The summed E-state index contributed by atoms with van der Waals surface area (Å²) in [6.45, 7) is 4.37. The van der Waals surface area contributed by atoms with E-state index in [2.05, 4.69) is 11.4 Å². The van der Waals surface area contributed by atoms with Crippen molar-refractivity contribution in [3.05, 3.63) is 29.8 Å². The summed E-state index contributed by atoms with van der Waals surface area (Å²) in [5.74, 6) is 0.167. The lowest BCUT2D eigenvalue weighted by molar-refractivity contribution is -0.121. The highest BCUT2D eigenvalue weighted by atomic mass is 16.2. The van der Waals surface area contributed by atoms with Gasteiger partial charge in [0, 0.05) is 25.3 Å². The molecular formula is C14H21N3O. The molecule has 1 N–H and O–H groups in total. The van der Waals surface area contributed by atoms with E-state index in [0.717, 1.165) is 25.3 Å². The summed E-state index contributed by atoms with van der Waals surface area (Å²) in [5.41, 5.74) is 2.19. The summed E-state index contributed by atoms with van der Waals surface area (Å²) in [4.78, 5) is 16.3. The standard InChI is InChI=1S/C14H21N3O/c1-11-5-4-6-12(9-11)17-8-7-15-13(14(17)18)10-16(2)3/h4-6,9,13,15H,7-8,10H2,1-3H3. The highest BCUT2D eigenvalue weighted by Crippen LogP contribution is 2.18. The van der Waals surface area contributed by atoms with Crippen LogP contribution in [0.4, 0.5) is 5.69 Å². The minimum atomic E-state index is -0.103. The molecule has 2 rings (SSSR count). The molecule has 1 aliphatic rings. The molecule has 18 heavy (non-hydrogen) atoms. The Balaban J connectivity index is 2.16. The fourth-order valence-electron chi connectivity index (χ4n) is 2.30. The van der Waals surface area contributed by atoms with Gasteiger partial charge in [-0.2, -0.15) is 0 Å². The third-order valence-corrected chi connectivity index (χ3v) is 3.15. The molecule has 0 aliphatic carbocycles. The molecule has 0 aromatic heterocycles. The smallest absolute Gasteiger partial charge is 0.245 e. The number of benzene rings is 1. The number of amides is 1. The van der Waals surface area contributed by atoms with E-state index >= 15 is 0 Å². The zero-order valence-corrected chi connectivity index (χ0v) is 11.3. The summed E-state index contributed by atoms with van der Waals surface area (Å²) in [7, 11) is 3.97. The zero-order chi connectivity index (χ0) is 13.1.